The van der Waals surface area contributed by atoms with Crippen LogP contribution < -0.4 is 25.4 Å². The second-order valence-electron chi connectivity index (χ2n) is 7.10. The van der Waals surface area contributed by atoms with E-state index in [1.54, 1.807) is 18.2 Å². The minimum atomic E-state index is -0.229. The average Bonchev–Trinajstić information content (AvgIpc) is 3.20. The fraction of sp³-hybridized carbons (Fsp3) is 0.333. The third-order valence-corrected chi connectivity index (χ3v) is 5.21. The van der Waals surface area contributed by atoms with E-state index in [0.29, 0.717) is 30.2 Å². The highest BCUT2D eigenvalue weighted by molar-refractivity contribution is 5.94. The van der Waals surface area contributed by atoms with Gasteiger partial charge in [-0.1, -0.05) is 12.1 Å². The number of benzene rings is 2. The standard InChI is InChI=1S/C21H23N3O4/c22-20(25)16-2-1-9-24(12-16)17-6-3-14(4-7-17)11-23-21(26)15-5-8-18-19(10-15)28-13-27-18/h3-8,10,16H,1-2,9,11-13H2,(H2,22,25)(H,23,26)/t16-/m1/s1. The van der Waals surface area contributed by atoms with Gasteiger partial charge in [0.25, 0.3) is 5.91 Å². The molecular weight excluding hydrogens is 358 g/mol. The maximum absolute atomic E-state index is 12.4. The van der Waals surface area contributed by atoms with Gasteiger partial charge in [0.15, 0.2) is 11.5 Å². The molecule has 2 aromatic carbocycles. The number of nitrogens with two attached hydrogens (primary N) is 1. The van der Waals surface area contributed by atoms with Gasteiger partial charge in [0.05, 0.1) is 5.92 Å². The van der Waals surface area contributed by atoms with E-state index in [-0.39, 0.29) is 24.5 Å². The van der Waals surface area contributed by atoms with Crippen LogP contribution in [0.1, 0.15) is 28.8 Å². The fourth-order valence-corrected chi connectivity index (χ4v) is 3.59. The number of rotatable bonds is 5. The second-order valence-corrected chi connectivity index (χ2v) is 7.10. The van der Waals surface area contributed by atoms with Gasteiger partial charge in [-0.2, -0.15) is 0 Å². The molecule has 7 heteroatoms. The molecule has 3 N–H and O–H groups in total. The van der Waals surface area contributed by atoms with Crippen LogP contribution in [0.2, 0.25) is 0 Å². The van der Waals surface area contributed by atoms with Crippen molar-refractivity contribution in [2.45, 2.75) is 19.4 Å². The summed E-state index contributed by atoms with van der Waals surface area (Å²) < 4.78 is 10.6. The number of carbonyl (C=O) groups excluding carboxylic acids is 2. The van der Waals surface area contributed by atoms with E-state index < -0.39 is 0 Å². The van der Waals surface area contributed by atoms with E-state index >= 15 is 0 Å². The molecule has 1 saturated heterocycles. The first kappa shape index (κ1) is 18.2. The molecule has 0 saturated carbocycles. The van der Waals surface area contributed by atoms with Gasteiger partial charge >= 0.3 is 0 Å². The number of piperidine rings is 1. The molecule has 146 valence electrons. The number of nitrogens with zero attached hydrogens (tertiary/aromatic N) is 1. The molecule has 2 amide bonds. The van der Waals surface area contributed by atoms with Gasteiger partial charge in [0.1, 0.15) is 0 Å². The van der Waals surface area contributed by atoms with Crippen LogP contribution in [0, 0.1) is 5.92 Å². The zero-order chi connectivity index (χ0) is 19.5. The van der Waals surface area contributed by atoms with Crippen molar-refractivity contribution in [1.82, 2.24) is 5.32 Å². The SMILES string of the molecule is NC(=O)[C@@H]1CCCN(c2ccc(CNC(=O)c3ccc4c(c3)OCO4)cc2)C1. The highest BCUT2D eigenvalue weighted by atomic mass is 16.7. The molecule has 0 bridgehead atoms. The third kappa shape index (κ3) is 3.88. The van der Waals surface area contributed by atoms with Crippen LogP contribution in [0.15, 0.2) is 42.5 Å². The molecule has 2 aliphatic heterocycles. The monoisotopic (exact) mass is 381 g/mol. The minimum Gasteiger partial charge on any atom is -0.454 e. The summed E-state index contributed by atoms with van der Waals surface area (Å²) in [4.78, 5) is 26.0. The first-order chi connectivity index (χ1) is 13.6. The molecule has 4 rings (SSSR count). The average molecular weight is 381 g/mol. The van der Waals surface area contributed by atoms with Crippen LogP contribution >= 0.6 is 0 Å². The second kappa shape index (κ2) is 7.80. The summed E-state index contributed by atoms with van der Waals surface area (Å²) in [5, 5.41) is 2.92. The number of amides is 2. The molecule has 0 aromatic heterocycles. The highest BCUT2D eigenvalue weighted by Crippen LogP contribution is 2.32. The number of ether oxygens (including phenoxy) is 2. The summed E-state index contributed by atoms with van der Waals surface area (Å²) in [6.45, 7) is 2.20. The fourth-order valence-electron chi connectivity index (χ4n) is 3.59. The number of hydrogen-bond acceptors (Lipinski definition) is 5. The highest BCUT2D eigenvalue weighted by Gasteiger charge is 2.24. The number of anilines is 1. The number of hydrogen-bond donors (Lipinski definition) is 2. The Morgan fingerprint density at radius 1 is 1.11 bits per heavy atom. The molecule has 2 heterocycles. The van der Waals surface area contributed by atoms with Crippen LogP contribution in [-0.4, -0.2) is 31.7 Å². The van der Waals surface area contributed by atoms with E-state index in [2.05, 4.69) is 10.2 Å². The Labute approximate surface area is 163 Å². The van der Waals surface area contributed by atoms with Crippen molar-refractivity contribution in [1.29, 1.82) is 0 Å². The smallest absolute Gasteiger partial charge is 0.251 e. The Morgan fingerprint density at radius 3 is 2.68 bits per heavy atom. The summed E-state index contributed by atoms with van der Waals surface area (Å²) >= 11 is 0. The van der Waals surface area contributed by atoms with E-state index in [0.717, 1.165) is 30.6 Å². The van der Waals surface area contributed by atoms with Crippen LogP contribution in [0.3, 0.4) is 0 Å². The Bertz CT molecular complexity index is 882. The Morgan fingerprint density at radius 2 is 1.89 bits per heavy atom. The van der Waals surface area contributed by atoms with Gasteiger partial charge in [0, 0.05) is 30.9 Å². The number of primary amides is 1. The predicted octanol–water partition coefficient (Wildman–Crippen LogP) is 2.05. The normalized spacial score (nSPS) is 18.0. The van der Waals surface area contributed by atoms with E-state index in [9.17, 15) is 9.59 Å². The topological polar surface area (TPSA) is 93.9 Å². The molecule has 0 spiro atoms. The first-order valence-corrected chi connectivity index (χ1v) is 9.41. The summed E-state index contributed by atoms with van der Waals surface area (Å²) in [6, 6.07) is 13.2. The van der Waals surface area contributed by atoms with E-state index in [1.807, 2.05) is 24.3 Å². The zero-order valence-electron chi connectivity index (χ0n) is 15.5. The molecule has 1 fully saturated rings. The quantitative estimate of drug-likeness (QED) is 0.827. The maximum Gasteiger partial charge on any atom is 0.251 e. The summed E-state index contributed by atoms with van der Waals surface area (Å²) in [6.07, 6.45) is 1.82. The third-order valence-electron chi connectivity index (χ3n) is 5.21. The molecule has 7 nitrogen and oxygen atoms in total. The Hall–Kier alpha value is -3.22. The maximum atomic E-state index is 12.4. The van der Waals surface area contributed by atoms with Gasteiger partial charge in [0.2, 0.25) is 12.7 Å². The van der Waals surface area contributed by atoms with Crippen molar-refractivity contribution in [2.24, 2.45) is 11.7 Å². The van der Waals surface area contributed by atoms with Gasteiger partial charge in [-0.05, 0) is 48.7 Å². The van der Waals surface area contributed by atoms with Crippen molar-refractivity contribution in [2.75, 3.05) is 24.8 Å². The number of nitrogens with one attached hydrogen (secondary N) is 1. The molecule has 0 radical (unpaired) electrons. The van der Waals surface area contributed by atoms with Crippen LogP contribution in [0.4, 0.5) is 5.69 Å². The zero-order valence-corrected chi connectivity index (χ0v) is 15.5. The lowest BCUT2D eigenvalue weighted by Gasteiger charge is -2.33. The van der Waals surface area contributed by atoms with Crippen molar-refractivity contribution in [3.63, 3.8) is 0 Å². The van der Waals surface area contributed by atoms with Gasteiger partial charge < -0.3 is 25.4 Å². The Balaban J connectivity index is 1.34. The van der Waals surface area contributed by atoms with Crippen molar-refractivity contribution >= 4 is 17.5 Å². The van der Waals surface area contributed by atoms with Gasteiger partial charge in [-0.15, -0.1) is 0 Å². The van der Waals surface area contributed by atoms with Crippen LogP contribution in [-0.2, 0) is 11.3 Å². The number of fused-ring (bicyclic) bond motifs is 1. The van der Waals surface area contributed by atoms with Gasteiger partial charge in [-0.25, -0.2) is 0 Å². The summed E-state index contributed by atoms with van der Waals surface area (Å²) in [5.74, 6) is 0.765. The molecule has 0 aliphatic carbocycles. The largest absolute Gasteiger partial charge is 0.454 e. The molecule has 2 aromatic rings. The molecular formula is C21H23N3O4. The molecule has 2 aliphatic rings. The van der Waals surface area contributed by atoms with Crippen molar-refractivity contribution in [3.05, 3.63) is 53.6 Å². The molecule has 1 atom stereocenters. The van der Waals surface area contributed by atoms with Gasteiger partial charge in [-0.3, -0.25) is 9.59 Å². The lowest BCUT2D eigenvalue weighted by atomic mass is 9.97. The predicted molar refractivity (Wildman–Crippen MR) is 104 cm³/mol. The van der Waals surface area contributed by atoms with Crippen LogP contribution in [0.25, 0.3) is 0 Å². The van der Waals surface area contributed by atoms with Crippen molar-refractivity contribution in [3.8, 4) is 11.5 Å². The van der Waals surface area contributed by atoms with E-state index in [1.165, 1.54) is 0 Å². The summed E-state index contributed by atoms with van der Waals surface area (Å²) in [5.41, 5.74) is 8.06. The van der Waals surface area contributed by atoms with Crippen molar-refractivity contribution < 1.29 is 19.1 Å². The first-order valence-electron chi connectivity index (χ1n) is 9.41. The van der Waals surface area contributed by atoms with Crippen LogP contribution in [0.5, 0.6) is 11.5 Å². The number of carbonyl (C=O) groups is 2. The lowest BCUT2D eigenvalue weighted by Crippen LogP contribution is -2.41. The summed E-state index contributed by atoms with van der Waals surface area (Å²) in [7, 11) is 0. The minimum absolute atomic E-state index is 0.0885. The molecule has 28 heavy (non-hydrogen) atoms. The van der Waals surface area contributed by atoms with E-state index in [4.69, 9.17) is 15.2 Å². The Kier molecular flexibility index (Phi) is 5.06. The molecule has 0 unspecified atom stereocenters. The lowest BCUT2D eigenvalue weighted by molar-refractivity contribution is -0.122.